The zero-order valence-electron chi connectivity index (χ0n) is 10.6. The van der Waals surface area contributed by atoms with E-state index < -0.39 is 0 Å². The van der Waals surface area contributed by atoms with E-state index in [1.165, 1.54) is 12.1 Å². The fourth-order valence-corrected chi connectivity index (χ4v) is 2.55. The van der Waals surface area contributed by atoms with Gasteiger partial charge in [-0.2, -0.15) is 0 Å². The van der Waals surface area contributed by atoms with Gasteiger partial charge in [0.05, 0.1) is 5.92 Å². The molecule has 0 bridgehead atoms. The van der Waals surface area contributed by atoms with Crippen molar-refractivity contribution in [3.05, 3.63) is 65.0 Å². The second-order valence-corrected chi connectivity index (χ2v) is 4.97. The van der Waals surface area contributed by atoms with Gasteiger partial charge in [0.25, 0.3) is 0 Å². The van der Waals surface area contributed by atoms with Gasteiger partial charge in [-0.25, -0.2) is 4.39 Å². The molecule has 0 unspecified atom stereocenters. The average molecular weight is 255 g/mol. The molecule has 1 amide bonds. The molecule has 0 radical (unpaired) electrons. The maximum Gasteiger partial charge on any atom is 0.232 e. The van der Waals surface area contributed by atoms with E-state index in [0.717, 1.165) is 22.4 Å². The highest BCUT2D eigenvalue weighted by Crippen LogP contribution is 2.35. The van der Waals surface area contributed by atoms with E-state index in [1.54, 1.807) is 6.07 Å². The fourth-order valence-electron chi connectivity index (χ4n) is 2.55. The molecule has 0 saturated heterocycles. The summed E-state index contributed by atoms with van der Waals surface area (Å²) in [7, 11) is 0. The van der Waals surface area contributed by atoms with Gasteiger partial charge in [-0.3, -0.25) is 4.79 Å². The molecule has 0 aliphatic carbocycles. The third-order valence-corrected chi connectivity index (χ3v) is 3.49. The first-order chi connectivity index (χ1) is 9.13. The molecule has 0 aromatic heterocycles. The van der Waals surface area contributed by atoms with Crippen LogP contribution in [0, 0.1) is 12.7 Å². The number of amides is 1. The summed E-state index contributed by atoms with van der Waals surface area (Å²) in [5.74, 6) is -0.498. The van der Waals surface area contributed by atoms with Crippen LogP contribution in [0.2, 0.25) is 0 Å². The van der Waals surface area contributed by atoms with Crippen LogP contribution in [0.1, 0.15) is 22.6 Å². The van der Waals surface area contributed by atoms with Crippen molar-refractivity contribution in [1.82, 2.24) is 0 Å². The monoisotopic (exact) mass is 255 g/mol. The topological polar surface area (TPSA) is 29.1 Å². The van der Waals surface area contributed by atoms with Crippen LogP contribution in [-0.4, -0.2) is 5.91 Å². The molecule has 0 saturated carbocycles. The lowest BCUT2D eigenvalue weighted by Crippen LogP contribution is -2.14. The molecule has 1 N–H and O–H groups in total. The largest absolute Gasteiger partial charge is 0.325 e. The zero-order chi connectivity index (χ0) is 13.4. The predicted molar refractivity (Wildman–Crippen MR) is 72.7 cm³/mol. The number of carbonyl (C=O) groups excluding carboxylic acids is 1. The summed E-state index contributed by atoms with van der Waals surface area (Å²) in [6, 6.07) is 12.4. The highest BCUT2D eigenvalue weighted by atomic mass is 19.1. The van der Waals surface area contributed by atoms with Gasteiger partial charge in [-0.05, 0) is 42.7 Å². The number of halogens is 1. The van der Waals surface area contributed by atoms with E-state index in [-0.39, 0.29) is 17.6 Å². The SMILES string of the molecule is Cc1ccc2c(c1)[C@@H](Cc1cccc(F)c1)C(=O)N2. The summed E-state index contributed by atoms with van der Waals surface area (Å²) in [6.45, 7) is 2.00. The summed E-state index contributed by atoms with van der Waals surface area (Å²) < 4.78 is 13.2. The maximum atomic E-state index is 13.2. The van der Waals surface area contributed by atoms with Gasteiger partial charge in [0.1, 0.15) is 5.82 Å². The molecule has 2 aromatic rings. The lowest BCUT2D eigenvalue weighted by Gasteiger charge is -2.09. The van der Waals surface area contributed by atoms with Crippen molar-refractivity contribution < 1.29 is 9.18 Å². The average Bonchev–Trinajstić information content (AvgIpc) is 2.66. The molecular formula is C16H14FNO. The smallest absolute Gasteiger partial charge is 0.232 e. The second-order valence-electron chi connectivity index (χ2n) is 4.97. The lowest BCUT2D eigenvalue weighted by atomic mass is 9.92. The third kappa shape index (κ3) is 2.24. The molecule has 0 spiro atoms. The summed E-state index contributed by atoms with van der Waals surface area (Å²) in [5, 5.41) is 2.88. The van der Waals surface area contributed by atoms with Gasteiger partial charge in [0.15, 0.2) is 0 Å². The first-order valence-corrected chi connectivity index (χ1v) is 6.29. The molecule has 19 heavy (non-hydrogen) atoms. The molecule has 1 heterocycles. The van der Waals surface area contributed by atoms with Gasteiger partial charge in [-0.1, -0.05) is 29.8 Å². The van der Waals surface area contributed by atoms with E-state index in [2.05, 4.69) is 5.32 Å². The number of benzene rings is 2. The van der Waals surface area contributed by atoms with Crippen LogP contribution in [0.3, 0.4) is 0 Å². The lowest BCUT2D eigenvalue weighted by molar-refractivity contribution is -0.117. The zero-order valence-corrected chi connectivity index (χ0v) is 10.6. The quantitative estimate of drug-likeness (QED) is 0.875. The number of hydrogen-bond acceptors (Lipinski definition) is 1. The number of hydrogen-bond donors (Lipinski definition) is 1. The molecular weight excluding hydrogens is 241 g/mol. The molecule has 3 rings (SSSR count). The van der Waals surface area contributed by atoms with Gasteiger partial charge < -0.3 is 5.32 Å². The van der Waals surface area contributed by atoms with Crippen molar-refractivity contribution in [3.63, 3.8) is 0 Å². The normalized spacial score (nSPS) is 17.2. The molecule has 3 heteroatoms. The third-order valence-electron chi connectivity index (χ3n) is 3.49. The first kappa shape index (κ1) is 11.9. The Kier molecular flexibility index (Phi) is 2.82. The standard InChI is InChI=1S/C16H14FNO/c1-10-5-6-15-13(7-10)14(16(19)18-15)9-11-3-2-4-12(17)8-11/h2-8,14H,9H2,1H3,(H,18,19)/t14-/m1/s1. The van der Waals surface area contributed by atoms with Gasteiger partial charge >= 0.3 is 0 Å². The minimum atomic E-state index is -0.264. The molecule has 2 nitrogen and oxygen atoms in total. The fraction of sp³-hybridized carbons (Fsp3) is 0.188. The van der Waals surface area contributed by atoms with Crippen molar-refractivity contribution in [1.29, 1.82) is 0 Å². The van der Waals surface area contributed by atoms with Crippen LogP contribution >= 0.6 is 0 Å². The second kappa shape index (κ2) is 4.50. The number of nitrogens with one attached hydrogen (secondary N) is 1. The van der Waals surface area contributed by atoms with Gasteiger partial charge in [-0.15, -0.1) is 0 Å². The number of carbonyl (C=O) groups is 1. The van der Waals surface area contributed by atoms with Crippen molar-refractivity contribution in [2.45, 2.75) is 19.3 Å². The van der Waals surface area contributed by atoms with Crippen LogP contribution in [0.15, 0.2) is 42.5 Å². The Bertz CT molecular complexity index is 651. The molecule has 1 atom stereocenters. The highest BCUT2D eigenvalue weighted by molar-refractivity contribution is 6.03. The van der Waals surface area contributed by atoms with E-state index in [1.807, 2.05) is 31.2 Å². The molecule has 2 aromatic carbocycles. The van der Waals surface area contributed by atoms with Crippen LogP contribution in [0.25, 0.3) is 0 Å². The maximum absolute atomic E-state index is 13.2. The summed E-state index contributed by atoms with van der Waals surface area (Å²) in [5.41, 5.74) is 3.85. The van der Waals surface area contributed by atoms with E-state index in [0.29, 0.717) is 6.42 Å². The van der Waals surface area contributed by atoms with E-state index in [4.69, 9.17) is 0 Å². The summed E-state index contributed by atoms with van der Waals surface area (Å²) in [4.78, 5) is 12.0. The van der Waals surface area contributed by atoms with Crippen LogP contribution in [0.4, 0.5) is 10.1 Å². The molecule has 1 aliphatic rings. The number of rotatable bonds is 2. The van der Waals surface area contributed by atoms with Gasteiger partial charge in [0, 0.05) is 5.69 Å². The number of anilines is 1. The van der Waals surface area contributed by atoms with E-state index >= 15 is 0 Å². The predicted octanol–water partition coefficient (Wildman–Crippen LogP) is 3.41. The Morgan fingerprint density at radius 3 is 2.84 bits per heavy atom. The number of fused-ring (bicyclic) bond motifs is 1. The van der Waals surface area contributed by atoms with Crippen LogP contribution in [-0.2, 0) is 11.2 Å². The van der Waals surface area contributed by atoms with Crippen molar-refractivity contribution in [3.8, 4) is 0 Å². The summed E-state index contributed by atoms with van der Waals surface area (Å²) >= 11 is 0. The van der Waals surface area contributed by atoms with Crippen molar-refractivity contribution >= 4 is 11.6 Å². The van der Waals surface area contributed by atoms with Crippen molar-refractivity contribution in [2.24, 2.45) is 0 Å². The minimum Gasteiger partial charge on any atom is -0.325 e. The Morgan fingerprint density at radius 2 is 2.05 bits per heavy atom. The summed E-state index contributed by atoms with van der Waals surface area (Å²) in [6.07, 6.45) is 0.528. The molecule has 0 fully saturated rings. The van der Waals surface area contributed by atoms with Crippen LogP contribution in [0.5, 0.6) is 0 Å². The Morgan fingerprint density at radius 1 is 1.21 bits per heavy atom. The Labute approximate surface area is 111 Å². The first-order valence-electron chi connectivity index (χ1n) is 6.29. The molecule has 96 valence electrons. The van der Waals surface area contributed by atoms with Gasteiger partial charge in [0.2, 0.25) is 5.91 Å². The van der Waals surface area contributed by atoms with E-state index in [9.17, 15) is 9.18 Å². The Hall–Kier alpha value is -2.16. The minimum absolute atomic E-state index is 0.00939. The highest BCUT2D eigenvalue weighted by Gasteiger charge is 2.30. The van der Waals surface area contributed by atoms with Crippen LogP contribution < -0.4 is 5.32 Å². The molecule has 1 aliphatic heterocycles. The Balaban J connectivity index is 1.94. The number of aryl methyl sites for hydroxylation is 1. The van der Waals surface area contributed by atoms with Crippen molar-refractivity contribution in [2.75, 3.05) is 5.32 Å².